The first-order valence-electron chi connectivity index (χ1n) is 6.03. The Morgan fingerprint density at radius 3 is 2.78 bits per heavy atom. The van der Waals surface area contributed by atoms with E-state index in [1.165, 1.54) is 0 Å². The van der Waals surface area contributed by atoms with Crippen LogP contribution in [0, 0.1) is 0 Å². The molecule has 1 atom stereocenters. The van der Waals surface area contributed by atoms with Crippen LogP contribution in [-0.4, -0.2) is 32.8 Å². The molecule has 6 nitrogen and oxygen atoms in total. The molecule has 1 aromatic rings. The van der Waals surface area contributed by atoms with Crippen LogP contribution in [-0.2, 0) is 23.1 Å². The number of carboxylic acid groups (broad SMARTS) is 1. The maximum Gasteiger partial charge on any atom is 0.326 e. The quantitative estimate of drug-likeness (QED) is 0.750. The van der Waals surface area contributed by atoms with Crippen molar-refractivity contribution in [3.8, 4) is 0 Å². The van der Waals surface area contributed by atoms with Crippen molar-refractivity contribution in [2.45, 2.75) is 38.6 Å². The van der Waals surface area contributed by atoms with Gasteiger partial charge in [-0.3, -0.25) is 9.48 Å². The third-order valence-electron chi connectivity index (χ3n) is 2.74. The van der Waals surface area contributed by atoms with Gasteiger partial charge in [0.25, 0.3) is 0 Å². The van der Waals surface area contributed by atoms with Gasteiger partial charge in [-0.1, -0.05) is 13.3 Å². The molecule has 0 bridgehead atoms. The Morgan fingerprint density at radius 1 is 1.56 bits per heavy atom. The standard InChI is InChI=1S/C12H19N3O3/c1-3-4-10(12(17)18)14-11(16)6-5-9-7-8-13-15(9)2/h7-8,10H,3-6H2,1-2H3,(H,14,16)(H,17,18). The van der Waals surface area contributed by atoms with Crippen molar-refractivity contribution in [1.82, 2.24) is 15.1 Å². The topological polar surface area (TPSA) is 84.2 Å². The molecular weight excluding hydrogens is 234 g/mol. The Kier molecular flexibility index (Phi) is 5.35. The van der Waals surface area contributed by atoms with E-state index in [4.69, 9.17) is 5.11 Å². The highest BCUT2D eigenvalue weighted by molar-refractivity contribution is 5.83. The molecule has 0 spiro atoms. The molecule has 1 rings (SSSR count). The summed E-state index contributed by atoms with van der Waals surface area (Å²) >= 11 is 0. The second kappa shape index (κ2) is 6.78. The number of carboxylic acids is 1. The van der Waals surface area contributed by atoms with Gasteiger partial charge in [0.1, 0.15) is 6.04 Å². The lowest BCUT2D eigenvalue weighted by Gasteiger charge is -2.13. The average Bonchev–Trinajstić information content (AvgIpc) is 2.71. The Labute approximate surface area is 106 Å². The second-order valence-corrected chi connectivity index (χ2v) is 4.19. The monoisotopic (exact) mass is 253 g/mol. The summed E-state index contributed by atoms with van der Waals surface area (Å²) < 4.78 is 1.70. The number of aryl methyl sites for hydroxylation is 2. The Morgan fingerprint density at radius 2 is 2.28 bits per heavy atom. The van der Waals surface area contributed by atoms with E-state index in [1.54, 1.807) is 10.9 Å². The van der Waals surface area contributed by atoms with E-state index >= 15 is 0 Å². The molecule has 0 aliphatic heterocycles. The van der Waals surface area contributed by atoms with Gasteiger partial charge in [0, 0.05) is 25.4 Å². The smallest absolute Gasteiger partial charge is 0.326 e. The maximum atomic E-state index is 11.6. The number of hydrogen-bond donors (Lipinski definition) is 2. The summed E-state index contributed by atoms with van der Waals surface area (Å²) in [6.07, 6.45) is 3.67. The molecule has 1 heterocycles. The van der Waals surface area contributed by atoms with Crippen LogP contribution in [0.3, 0.4) is 0 Å². The Balaban J connectivity index is 2.41. The van der Waals surface area contributed by atoms with Crippen molar-refractivity contribution in [3.63, 3.8) is 0 Å². The van der Waals surface area contributed by atoms with Crippen molar-refractivity contribution in [2.24, 2.45) is 7.05 Å². The summed E-state index contributed by atoms with van der Waals surface area (Å²) in [7, 11) is 1.81. The van der Waals surface area contributed by atoms with E-state index in [0.717, 1.165) is 12.1 Å². The number of nitrogens with one attached hydrogen (secondary N) is 1. The molecule has 1 aromatic heterocycles. The van der Waals surface area contributed by atoms with E-state index < -0.39 is 12.0 Å². The van der Waals surface area contributed by atoms with E-state index in [-0.39, 0.29) is 12.3 Å². The minimum Gasteiger partial charge on any atom is -0.480 e. The SMILES string of the molecule is CCCC(NC(=O)CCc1ccnn1C)C(=O)O. The number of rotatable bonds is 7. The fourth-order valence-corrected chi connectivity index (χ4v) is 1.70. The van der Waals surface area contributed by atoms with Gasteiger partial charge < -0.3 is 10.4 Å². The van der Waals surface area contributed by atoms with Crippen molar-refractivity contribution in [1.29, 1.82) is 0 Å². The van der Waals surface area contributed by atoms with Gasteiger partial charge in [0.15, 0.2) is 0 Å². The normalized spacial score (nSPS) is 12.1. The van der Waals surface area contributed by atoms with Crippen LogP contribution in [0.4, 0.5) is 0 Å². The van der Waals surface area contributed by atoms with Crippen LogP contribution in [0.15, 0.2) is 12.3 Å². The van der Waals surface area contributed by atoms with Gasteiger partial charge in [-0.15, -0.1) is 0 Å². The molecular formula is C12H19N3O3. The molecule has 1 amide bonds. The van der Waals surface area contributed by atoms with Gasteiger partial charge in [-0.25, -0.2) is 4.79 Å². The van der Waals surface area contributed by atoms with Crippen LogP contribution in [0.5, 0.6) is 0 Å². The van der Waals surface area contributed by atoms with Crippen molar-refractivity contribution in [2.75, 3.05) is 0 Å². The summed E-state index contributed by atoms with van der Waals surface area (Å²) in [5, 5.41) is 15.5. The summed E-state index contributed by atoms with van der Waals surface area (Å²) in [5.41, 5.74) is 0.951. The number of amides is 1. The lowest BCUT2D eigenvalue weighted by atomic mass is 10.1. The lowest BCUT2D eigenvalue weighted by molar-refractivity contribution is -0.142. The van der Waals surface area contributed by atoms with Crippen LogP contribution >= 0.6 is 0 Å². The van der Waals surface area contributed by atoms with E-state index in [2.05, 4.69) is 10.4 Å². The summed E-state index contributed by atoms with van der Waals surface area (Å²) in [5.74, 6) is -1.22. The van der Waals surface area contributed by atoms with E-state index in [1.807, 2.05) is 20.0 Å². The molecule has 0 radical (unpaired) electrons. The highest BCUT2D eigenvalue weighted by Gasteiger charge is 2.18. The Hall–Kier alpha value is -1.85. The predicted molar refractivity (Wildman–Crippen MR) is 66.0 cm³/mol. The van der Waals surface area contributed by atoms with E-state index in [0.29, 0.717) is 12.8 Å². The second-order valence-electron chi connectivity index (χ2n) is 4.19. The number of nitrogens with zero attached hydrogens (tertiary/aromatic N) is 2. The molecule has 0 saturated carbocycles. The third-order valence-corrected chi connectivity index (χ3v) is 2.74. The Bertz CT molecular complexity index is 414. The number of hydrogen-bond acceptors (Lipinski definition) is 3. The zero-order valence-corrected chi connectivity index (χ0v) is 10.7. The first kappa shape index (κ1) is 14.2. The minimum atomic E-state index is -0.981. The van der Waals surface area contributed by atoms with Crippen LogP contribution in [0.2, 0.25) is 0 Å². The first-order valence-corrected chi connectivity index (χ1v) is 6.03. The highest BCUT2D eigenvalue weighted by Crippen LogP contribution is 2.02. The molecule has 0 aromatic carbocycles. The zero-order valence-electron chi connectivity index (χ0n) is 10.7. The summed E-state index contributed by atoms with van der Waals surface area (Å²) in [4.78, 5) is 22.5. The third kappa shape index (κ3) is 4.20. The van der Waals surface area contributed by atoms with Crippen molar-refractivity contribution < 1.29 is 14.7 Å². The summed E-state index contributed by atoms with van der Waals surface area (Å²) in [6, 6.07) is 1.06. The van der Waals surface area contributed by atoms with Crippen LogP contribution in [0.1, 0.15) is 31.9 Å². The molecule has 0 aliphatic carbocycles. The van der Waals surface area contributed by atoms with Crippen molar-refractivity contribution in [3.05, 3.63) is 18.0 Å². The van der Waals surface area contributed by atoms with Gasteiger partial charge in [0.2, 0.25) is 5.91 Å². The van der Waals surface area contributed by atoms with Gasteiger partial charge in [-0.05, 0) is 18.9 Å². The average molecular weight is 253 g/mol. The van der Waals surface area contributed by atoms with Crippen molar-refractivity contribution >= 4 is 11.9 Å². The van der Waals surface area contributed by atoms with E-state index in [9.17, 15) is 9.59 Å². The largest absolute Gasteiger partial charge is 0.480 e. The fourth-order valence-electron chi connectivity index (χ4n) is 1.70. The maximum absolute atomic E-state index is 11.6. The molecule has 0 aliphatic rings. The number of carbonyl (C=O) groups excluding carboxylic acids is 1. The van der Waals surface area contributed by atoms with Crippen LogP contribution < -0.4 is 5.32 Å². The zero-order chi connectivity index (χ0) is 13.5. The van der Waals surface area contributed by atoms with Crippen LogP contribution in [0.25, 0.3) is 0 Å². The van der Waals surface area contributed by atoms with Gasteiger partial charge in [-0.2, -0.15) is 5.10 Å². The molecule has 100 valence electrons. The van der Waals surface area contributed by atoms with Gasteiger partial charge in [0.05, 0.1) is 0 Å². The summed E-state index contributed by atoms with van der Waals surface area (Å²) in [6.45, 7) is 1.89. The highest BCUT2D eigenvalue weighted by atomic mass is 16.4. The molecule has 0 fully saturated rings. The molecule has 2 N–H and O–H groups in total. The number of carbonyl (C=O) groups is 2. The van der Waals surface area contributed by atoms with Gasteiger partial charge >= 0.3 is 5.97 Å². The molecule has 0 saturated heterocycles. The first-order chi connectivity index (χ1) is 8.54. The number of aliphatic carboxylic acids is 1. The molecule has 18 heavy (non-hydrogen) atoms. The molecule has 6 heteroatoms. The fraction of sp³-hybridized carbons (Fsp3) is 0.583. The predicted octanol–water partition coefficient (Wildman–Crippen LogP) is 0.722. The lowest BCUT2D eigenvalue weighted by Crippen LogP contribution is -2.40. The number of aromatic nitrogens is 2. The minimum absolute atomic E-state index is 0.239. The molecule has 1 unspecified atom stereocenters.